The Morgan fingerprint density at radius 1 is 0.594 bits per heavy atom. The summed E-state index contributed by atoms with van der Waals surface area (Å²) in [5.41, 5.74) is 0. The van der Waals surface area contributed by atoms with Crippen LogP contribution in [0, 0.1) is 0 Å². The molecule has 32 heavy (non-hydrogen) atoms. The molecule has 0 amide bonds. The molecule has 0 unspecified atom stereocenters. The summed E-state index contributed by atoms with van der Waals surface area (Å²) >= 11 is 0. The predicted octanol–water partition coefficient (Wildman–Crippen LogP) is 4.34. The van der Waals surface area contributed by atoms with E-state index in [0.717, 1.165) is 14.8 Å². The number of hydrogen-bond acceptors (Lipinski definition) is 6. The van der Waals surface area contributed by atoms with Crippen molar-refractivity contribution in [3.63, 3.8) is 0 Å². The van der Waals surface area contributed by atoms with Crippen LogP contribution < -0.4 is 5.19 Å². The normalized spacial score (nSPS) is 12.7. The minimum Gasteiger partial charge on any atom is -0.371 e. The van der Waals surface area contributed by atoms with Crippen LogP contribution in [0.5, 0.6) is 0 Å². The summed E-state index contributed by atoms with van der Waals surface area (Å²) in [4.78, 5) is 1.67. The van der Waals surface area contributed by atoms with Crippen molar-refractivity contribution in [1.29, 1.82) is 0 Å². The molecule has 0 aliphatic heterocycles. The number of hydrogen-bond donors (Lipinski definition) is 0. The second-order valence-corrected chi connectivity index (χ2v) is 17.4. The largest absolute Gasteiger partial charge is 0.528 e. The van der Waals surface area contributed by atoms with E-state index in [2.05, 4.69) is 31.8 Å². The summed E-state index contributed by atoms with van der Waals surface area (Å²) in [5, 5.41) is 1.11. The summed E-state index contributed by atoms with van der Waals surface area (Å²) < 4.78 is 37.6. The molecule has 0 aliphatic carbocycles. The fourth-order valence-corrected chi connectivity index (χ4v) is 17.9. The van der Waals surface area contributed by atoms with Gasteiger partial charge in [-0.05, 0) is 51.2 Å². The van der Waals surface area contributed by atoms with Gasteiger partial charge in [-0.2, -0.15) is 0 Å². The van der Waals surface area contributed by atoms with Gasteiger partial charge in [-0.1, -0.05) is 55.2 Å². The van der Waals surface area contributed by atoms with E-state index < -0.39 is 25.7 Å². The van der Waals surface area contributed by atoms with Crippen LogP contribution in [0.3, 0.4) is 0 Å². The van der Waals surface area contributed by atoms with Crippen LogP contribution in [0.4, 0.5) is 0 Å². The van der Waals surface area contributed by atoms with Gasteiger partial charge in [-0.3, -0.25) is 0 Å². The summed E-state index contributed by atoms with van der Waals surface area (Å²) in [5.74, 6) is 0. The maximum absolute atomic E-state index is 6.26. The summed E-state index contributed by atoms with van der Waals surface area (Å²) in [7, 11) is -9.37. The molecule has 1 rings (SSSR count). The van der Waals surface area contributed by atoms with Gasteiger partial charge in [0.1, 0.15) is 8.07 Å². The molecule has 0 fully saturated rings. The number of rotatable bonds is 17. The highest BCUT2D eigenvalue weighted by atomic mass is 28.5. The van der Waals surface area contributed by atoms with Crippen molar-refractivity contribution in [3.05, 3.63) is 53.1 Å². The first-order valence-electron chi connectivity index (χ1n) is 11.6. The van der Waals surface area contributed by atoms with Crippen molar-refractivity contribution in [1.82, 2.24) is 0 Å². The Labute approximate surface area is 198 Å². The van der Waals surface area contributed by atoms with Crippen LogP contribution >= 0.6 is 0 Å². The van der Waals surface area contributed by atoms with Crippen molar-refractivity contribution in [2.75, 3.05) is 39.6 Å². The Morgan fingerprint density at radius 2 is 0.875 bits per heavy atom. The Kier molecular flexibility index (Phi) is 12.5. The molecular formula is C23H42O6Si3. The molecule has 0 saturated carbocycles. The van der Waals surface area contributed by atoms with Gasteiger partial charge in [0.2, 0.25) is 0 Å². The summed E-state index contributed by atoms with van der Waals surface area (Å²) in [6.45, 7) is 25.8. The third-order valence-corrected chi connectivity index (χ3v) is 19.5. The monoisotopic (exact) mass is 498 g/mol. The van der Waals surface area contributed by atoms with E-state index in [0.29, 0.717) is 39.6 Å². The standard InChI is InChI=1S/C23H42O6Si3/c1-10-24-31(25-11-2,26-12-3)21(7)30(9,23-19-17-16-18-20-23)22(8)32(27-13-4,28-14-5)29-15-6/h16-20H,7-8,10-15H2,1-6,9H3. The van der Waals surface area contributed by atoms with Crippen molar-refractivity contribution < 1.29 is 26.6 Å². The minimum atomic E-state index is -3.27. The van der Waals surface area contributed by atoms with Gasteiger partial charge in [0.15, 0.2) is 0 Å². The topological polar surface area (TPSA) is 55.4 Å². The average Bonchev–Trinajstić information content (AvgIpc) is 2.79. The van der Waals surface area contributed by atoms with Gasteiger partial charge in [-0.15, -0.1) is 0 Å². The van der Waals surface area contributed by atoms with Crippen LogP contribution in [0.2, 0.25) is 6.55 Å². The lowest BCUT2D eigenvalue weighted by atomic mass is 10.4. The van der Waals surface area contributed by atoms with E-state index in [1.54, 1.807) is 0 Å². The first-order chi connectivity index (χ1) is 15.3. The van der Waals surface area contributed by atoms with E-state index in [4.69, 9.17) is 26.6 Å². The fourth-order valence-electron chi connectivity index (χ4n) is 3.83. The average molecular weight is 499 g/mol. The van der Waals surface area contributed by atoms with Gasteiger partial charge in [0.25, 0.3) is 0 Å². The Hall–Kier alpha value is -0.889. The zero-order valence-corrected chi connectivity index (χ0v) is 24.0. The van der Waals surface area contributed by atoms with Gasteiger partial charge in [0, 0.05) is 39.6 Å². The lowest BCUT2D eigenvalue weighted by Crippen LogP contribution is -2.67. The Morgan fingerprint density at radius 3 is 1.12 bits per heavy atom. The van der Waals surface area contributed by atoms with Crippen LogP contribution in [-0.4, -0.2) is 65.3 Å². The molecule has 0 radical (unpaired) electrons. The maximum atomic E-state index is 6.26. The van der Waals surface area contributed by atoms with Gasteiger partial charge in [0.05, 0.1) is 0 Å². The number of benzene rings is 1. The van der Waals surface area contributed by atoms with E-state index in [9.17, 15) is 0 Å². The van der Waals surface area contributed by atoms with E-state index in [-0.39, 0.29) is 0 Å². The first-order valence-corrected chi connectivity index (χ1v) is 17.5. The molecule has 0 aromatic heterocycles. The van der Waals surface area contributed by atoms with Crippen LogP contribution in [0.25, 0.3) is 0 Å². The minimum absolute atomic E-state index is 0.460. The Balaban J connectivity index is 3.83. The van der Waals surface area contributed by atoms with Crippen LogP contribution in [0.1, 0.15) is 41.5 Å². The quantitative estimate of drug-likeness (QED) is 0.298. The molecule has 0 bridgehead atoms. The zero-order chi connectivity index (χ0) is 24.3. The molecule has 6 nitrogen and oxygen atoms in total. The van der Waals surface area contributed by atoms with E-state index in [1.165, 1.54) is 0 Å². The summed E-state index contributed by atoms with van der Waals surface area (Å²) in [6, 6.07) is 10.3. The predicted molar refractivity (Wildman–Crippen MR) is 137 cm³/mol. The lowest BCUT2D eigenvalue weighted by molar-refractivity contribution is 0.0819. The molecule has 0 saturated heterocycles. The van der Waals surface area contributed by atoms with E-state index in [1.807, 2.05) is 59.7 Å². The molecule has 1 aromatic rings. The highest BCUT2D eigenvalue weighted by Crippen LogP contribution is 2.36. The lowest BCUT2D eigenvalue weighted by Gasteiger charge is -2.43. The summed E-state index contributed by atoms with van der Waals surface area (Å²) in [6.07, 6.45) is 0. The SMILES string of the molecule is C=C([Si](OCC)(OCC)OCC)[Si](C)(C(=C)[Si](OCC)(OCC)OCC)c1ccccc1. The van der Waals surface area contributed by atoms with Crippen molar-refractivity contribution in [2.24, 2.45) is 0 Å². The molecule has 0 spiro atoms. The molecule has 9 heteroatoms. The van der Waals surface area contributed by atoms with Crippen molar-refractivity contribution in [3.8, 4) is 0 Å². The smallest absolute Gasteiger partial charge is 0.371 e. The molecule has 0 heterocycles. The maximum Gasteiger partial charge on any atom is 0.528 e. The molecule has 1 aromatic carbocycles. The molecule has 182 valence electrons. The fraction of sp³-hybridized carbons (Fsp3) is 0.565. The van der Waals surface area contributed by atoms with Crippen LogP contribution in [-0.2, 0) is 26.6 Å². The van der Waals surface area contributed by atoms with E-state index >= 15 is 0 Å². The molecule has 0 aliphatic rings. The highest BCUT2D eigenvalue weighted by molar-refractivity contribution is 7.18. The zero-order valence-electron chi connectivity index (χ0n) is 21.0. The third-order valence-electron chi connectivity index (χ3n) is 5.30. The Bertz CT molecular complexity index is 641. The molecule has 0 atom stereocenters. The van der Waals surface area contributed by atoms with Crippen LogP contribution in [0.15, 0.2) is 53.1 Å². The van der Waals surface area contributed by atoms with Crippen molar-refractivity contribution in [2.45, 2.75) is 48.1 Å². The molecule has 0 N–H and O–H groups in total. The van der Waals surface area contributed by atoms with Gasteiger partial charge in [-0.25, -0.2) is 0 Å². The second-order valence-electron chi connectivity index (χ2n) is 7.16. The highest BCUT2D eigenvalue weighted by Gasteiger charge is 2.61. The van der Waals surface area contributed by atoms with Crippen molar-refractivity contribution >= 4 is 30.9 Å². The third kappa shape index (κ3) is 6.16. The molecular weight excluding hydrogens is 457 g/mol. The second kappa shape index (κ2) is 13.7. The van der Waals surface area contributed by atoms with Gasteiger partial charge < -0.3 is 26.6 Å². The van der Waals surface area contributed by atoms with Gasteiger partial charge >= 0.3 is 17.6 Å². The first kappa shape index (κ1) is 29.1.